The number of furan rings is 1. The van der Waals surface area contributed by atoms with E-state index in [1.165, 1.54) is 6.08 Å². The molecule has 0 radical (unpaired) electrons. The summed E-state index contributed by atoms with van der Waals surface area (Å²) in [4.78, 5) is 11.8. The quantitative estimate of drug-likeness (QED) is 0.557. The van der Waals surface area contributed by atoms with Gasteiger partial charge in [0.05, 0.1) is 14.2 Å². The molecule has 0 aliphatic heterocycles. The number of methoxy groups -OCH3 is 2. The fraction of sp³-hybridized carbons (Fsp3) is 0.235. The molecule has 0 spiro atoms. The van der Waals surface area contributed by atoms with E-state index in [9.17, 15) is 4.79 Å². The van der Waals surface area contributed by atoms with Crippen molar-refractivity contribution in [3.8, 4) is 11.5 Å². The summed E-state index contributed by atoms with van der Waals surface area (Å²) in [5, 5.41) is 0. The first-order valence-corrected chi connectivity index (χ1v) is 7.64. The van der Waals surface area contributed by atoms with Crippen LogP contribution in [0.25, 0.3) is 6.08 Å². The first-order valence-electron chi connectivity index (χ1n) is 6.85. The van der Waals surface area contributed by atoms with E-state index < -0.39 is 5.97 Å². The molecule has 1 aromatic heterocycles. The van der Waals surface area contributed by atoms with Gasteiger partial charge in [0.25, 0.3) is 0 Å². The van der Waals surface area contributed by atoms with Gasteiger partial charge in [0, 0.05) is 6.08 Å². The van der Waals surface area contributed by atoms with Crippen LogP contribution < -0.4 is 9.47 Å². The van der Waals surface area contributed by atoms with Crippen molar-refractivity contribution in [2.24, 2.45) is 0 Å². The minimum Gasteiger partial charge on any atom is -0.493 e. The van der Waals surface area contributed by atoms with Crippen molar-refractivity contribution in [2.75, 3.05) is 14.2 Å². The first kappa shape index (κ1) is 17.1. The summed E-state index contributed by atoms with van der Waals surface area (Å²) in [7, 11) is 3.14. The van der Waals surface area contributed by atoms with E-state index in [-0.39, 0.29) is 6.61 Å². The number of benzene rings is 1. The Morgan fingerprint density at radius 3 is 2.52 bits per heavy atom. The second kappa shape index (κ2) is 7.87. The lowest BCUT2D eigenvalue weighted by molar-refractivity contribution is -0.138. The third-order valence-corrected chi connectivity index (χ3v) is 3.62. The summed E-state index contributed by atoms with van der Waals surface area (Å²) in [6.45, 7) is 2.07. The smallest absolute Gasteiger partial charge is 0.331 e. The summed E-state index contributed by atoms with van der Waals surface area (Å²) >= 11 is 3.19. The van der Waals surface area contributed by atoms with Crippen LogP contribution in [0.15, 0.2) is 39.4 Å². The first-order chi connectivity index (χ1) is 11.0. The van der Waals surface area contributed by atoms with E-state index >= 15 is 0 Å². The molecular formula is C17H17BrO5. The molecule has 23 heavy (non-hydrogen) atoms. The van der Waals surface area contributed by atoms with E-state index in [1.54, 1.807) is 38.5 Å². The number of hydrogen-bond donors (Lipinski definition) is 0. The van der Waals surface area contributed by atoms with Crippen molar-refractivity contribution < 1.29 is 23.4 Å². The lowest BCUT2D eigenvalue weighted by Gasteiger charge is -2.12. The second-order valence-electron chi connectivity index (χ2n) is 4.72. The summed E-state index contributed by atoms with van der Waals surface area (Å²) in [5.74, 6) is 1.35. The molecular weight excluding hydrogens is 364 g/mol. The Balaban J connectivity index is 2.00. The molecule has 2 aromatic rings. The topological polar surface area (TPSA) is 57.9 Å². The lowest BCUT2D eigenvalue weighted by Crippen LogP contribution is -2.03. The number of ether oxygens (including phenoxy) is 3. The van der Waals surface area contributed by atoms with Gasteiger partial charge in [-0.3, -0.25) is 0 Å². The van der Waals surface area contributed by atoms with Crippen molar-refractivity contribution in [1.82, 2.24) is 0 Å². The van der Waals surface area contributed by atoms with Gasteiger partial charge in [-0.05, 0) is 64.3 Å². The van der Waals surface area contributed by atoms with E-state index in [4.69, 9.17) is 18.6 Å². The van der Waals surface area contributed by atoms with E-state index in [2.05, 4.69) is 15.9 Å². The molecule has 6 heteroatoms. The van der Waals surface area contributed by atoms with E-state index in [1.807, 2.05) is 13.0 Å². The van der Waals surface area contributed by atoms with Crippen LogP contribution in [-0.4, -0.2) is 20.2 Å². The Hall–Kier alpha value is -2.21. The van der Waals surface area contributed by atoms with Crippen LogP contribution in [-0.2, 0) is 16.1 Å². The number of aryl methyl sites for hydroxylation is 1. The van der Waals surface area contributed by atoms with Gasteiger partial charge in [0.2, 0.25) is 0 Å². The summed E-state index contributed by atoms with van der Waals surface area (Å²) < 4.78 is 21.6. The van der Waals surface area contributed by atoms with Gasteiger partial charge in [-0.15, -0.1) is 0 Å². The molecule has 2 rings (SSSR count). The molecule has 0 atom stereocenters. The maximum atomic E-state index is 11.8. The van der Waals surface area contributed by atoms with Gasteiger partial charge in [0.1, 0.15) is 12.4 Å². The van der Waals surface area contributed by atoms with Crippen molar-refractivity contribution in [2.45, 2.75) is 13.5 Å². The summed E-state index contributed by atoms with van der Waals surface area (Å²) in [5.41, 5.74) is 1.81. The second-order valence-corrected chi connectivity index (χ2v) is 5.50. The molecule has 5 nitrogen and oxygen atoms in total. The predicted octanol–water partition coefficient (Wildman–Crippen LogP) is 4.12. The SMILES string of the molecule is COc1cc(C)c(COC(=O)/C=C/c2ccc(Br)o2)cc1OC. The van der Waals surface area contributed by atoms with Crippen LogP contribution in [0, 0.1) is 6.92 Å². The van der Waals surface area contributed by atoms with Gasteiger partial charge in [-0.25, -0.2) is 4.79 Å². The molecule has 0 aliphatic carbocycles. The van der Waals surface area contributed by atoms with Crippen LogP contribution in [0.1, 0.15) is 16.9 Å². The Bertz CT molecular complexity index is 718. The van der Waals surface area contributed by atoms with Crippen LogP contribution in [0.3, 0.4) is 0 Å². The average molecular weight is 381 g/mol. The maximum absolute atomic E-state index is 11.8. The van der Waals surface area contributed by atoms with Gasteiger partial charge in [0.15, 0.2) is 16.2 Å². The highest BCUT2D eigenvalue weighted by atomic mass is 79.9. The molecule has 0 saturated heterocycles. The monoisotopic (exact) mass is 380 g/mol. The van der Waals surface area contributed by atoms with Gasteiger partial charge in [-0.1, -0.05) is 0 Å². The zero-order chi connectivity index (χ0) is 16.8. The fourth-order valence-corrected chi connectivity index (χ4v) is 2.26. The van der Waals surface area contributed by atoms with Crippen molar-refractivity contribution in [3.63, 3.8) is 0 Å². The highest BCUT2D eigenvalue weighted by Crippen LogP contribution is 2.30. The van der Waals surface area contributed by atoms with Gasteiger partial charge in [-0.2, -0.15) is 0 Å². The van der Waals surface area contributed by atoms with Gasteiger partial charge < -0.3 is 18.6 Å². The van der Waals surface area contributed by atoms with E-state index in [0.29, 0.717) is 21.9 Å². The largest absolute Gasteiger partial charge is 0.493 e. The highest BCUT2D eigenvalue weighted by Gasteiger charge is 2.10. The Morgan fingerprint density at radius 2 is 1.91 bits per heavy atom. The van der Waals surface area contributed by atoms with Crippen LogP contribution >= 0.6 is 15.9 Å². The highest BCUT2D eigenvalue weighted by molar-refractivity contribution is 9.10. The minimum atomic E-state index is -0.452. The van der Waals surface area contributed by atoms with Crippen LogP contribution in [0.4, 0.5) is 0 Å². The van der Waals surface area contributed by atoms with Crippen molar-refractivity contribution >= 4 is 28.0 Å². The third-order valence-electron chi connectivity index (χ3n) is 3.19. The molecule has 0 amide bonds. The number of carbonyl (C=O) groups is 1. The Morgan fingerprint density at radius 1 is 1.22 bits per heavy atom. The molecule has 0 bridgehead atoms. The normalized spacial score (nSPS) is 10.8. The number of halogens is 1. The number of hydrogen-bond acceptors (Lipinski definition) is 5. The van der Waals surface area contributed by atoms with Crippen molar-refractivity contribution in [3.05, 3.63) is 51.9 Å². The number of esters is 1. The molecule has 0 saturated carbocycles. The number of carbonyl (C=O) groups excluding carboxylic acids is 1. The Kier molecular flexibility index (Phi) is 5.87. The summed E-state index contributed by atoms with van der Waals surface area (Å²) in [6.07, 6.45) is 2.87. The van der Waals surface area contributed by atoms with Gasteiger partial charge >= 0.3 is 5.97 Å². The molecule has 122 valence electrons. The molecule has 0 N–H and O–H groups in total. The fourth-order valence-electron chi connectivity index (χ4n) is 1.94. The zero-order valence-electron chi connectivity index (χ0n) is 13.1. The molecule has 0 aliphatic rings. The zero-order valence-corrected chi connectivity index (χ0v) is 14.7. The average Bonchev–Trinajstić information content (AvgIpc) is 2.96. The maximum Gasteiger partial charge on any atom is 0.331 e. The van der Waals surface area contributed by atoms with E-state index in [0.717, 1.165) is 11.1 Å². The third kappa shape index (κ3) is 4.63. The molecule has 0 fully saturated rings. The van der Waals surface area contributed by atoms with Crippen LogP contribution in [0.5, 0.6) is 11.5 Å². The standard InChI is InChI=1S/C17H17BrO5/c1-11-8-14(20-2)15(21-3)9-12(11)10-22-17(19)7-5-13-4-6-16(18)23-13/h4-9H,10H2,1-3H3/b7-5+. The Labute approximate surface area is 143 Å². The van der Waals surface area contributed by atoms with Crippen molar-refractivity contribution in [1.29, 1.82) is 0 Å². The van der Waals surface area contributed by atoms with Crippen LogP contribution in [0.2, 0.25) is 0 Å². The minimum absolute atomic E-state index is 0.150. The predicted molar refractivity (Wildman–Crippen MR) is 89.5 cm³/mol. The molecule has 0 unspecified atom stereocenters. The molecule has 1 aromatic carbocycles. The summed E-state index contributed by atoms with van der Waals surface area (Å²) in [6, 6.07) is 7.14. The number of rotatable bonds is 6. The molecule has 1 heterocycles. The lowest BCUT2D eigenvalue weighted by atomic mass is 10.1.